The molecule has 1 aliphatic heterocycles. The standard InChI is InChI=1S/C18H16O7/c1-22-10-25-14-9-16-15(23-6-7-24-16)8-13(14)17(19)11-2-4-12(5-3-11)18(20)21/h2-5,8-9H,6-7,10H2,1H3,(H,20,21). The molecule has 0 saturated heterocycles. The molecule has 2 aromatic carbocycles. The summed E-state index contributed by atoms with van der Waals surface area (Å²) in [5, 5.41) is 8.96. The van der Waals surface area contributed by atoms with Gasteiger partial charge in [0.25, 0.3) is 0 Å². The molecule has 0 aliphatic carbocycles. The predicted octanol–water partition coefficient (Wildman–Crippen LogP) is 2.37. The first-order valence-corrected chi connectivity index (χ1v) is 7.53. The Labute approximate surface area is 143 Å². The van der Waals surface area contributed by atoms with E-state index in [9.17, 15) is 9.59 Å². The van der Waals surface area contributed by atoms with E-state index in [0.29, 0.717) is 36.0 Å². The smallest absolute Gasteiger partial charge is 0.335 e. The molecule has 130 valence electrons. The minimum Gasteiger partial charge on any atom is -0.486 e. The Morgan fingerprint density at radius 3 is 2.24 bits per heavy atom. The van der Waals surface area contributed by atoms with Gasteiger partial charge in [-0.2, -0.15) is 0 Å². The van der Waals surface area contributed by atoms with Crippen molar-refractivity contribution in [3.8, 4) is 17.2 Å². The average Bonchev–Trinajstić information content (AvgIpc) is 2.65. The van der Waals surface area contributed by atoms with Crippen molar-refractivity contribution in [2.45, 2.75) is 0 Å². The zero-order valence-corrected chi connectivity index (χ0v) is 13.5. The number of hydrogen-bond acceptors (Lipinski definition) is 6. The van der Waals surface area contributed by atoms with Crippen LogP contribution in [-0.4, -0.2) is 44.0 Å². The van der Waals surface area contributed by atoms with Crippen LogP contribution in [0.2, 0.25) is 0 Å². The number of fused-ring (bicyclic) bond motifs is 1. The van der Waals surface area contributed by atoms with Gasteiger partial charge in [-0.05, 0) is 18.2 Å². The van der Waals surface area contributed by atoms with Crippen LogP contribution >= 0.6 is 0 Å². The second-order valence-corrected chi connectivity index (χ2v) is 5.25. The number of rotatable bonds is 6. The lowest BCUT2D eigenvalue weighted by Crippen LogP contribution is -2.17. The Morgan fingerprint density at radius 1 is 1.04 bits per heavy atom. The summed E-state index contributed by atoms with van der Waals surface area (Å²) in [6, 6.07) is 8.83. The van der Waals surface area contributed by atoms with Crippen molar-refractivity contribution in [1.82, 2.24) is 0 Å². The highest BCUT2D eigenvalue weighted by atomic mass is 16.7. The summed E-state index contributed by atoms with van der Waals surface area (Å²) in [6.45, 7) is 0.782. The van der Waals surface area contributed by atoms with Crippen molar-refractivity contribution in [3.05, 3.63) is 53.1 Å². The molecule has 0 saturated carbocycles. The summed E-state index contributed by atoms with van der Waals surface area (Å²) >= 11 is 0. The summed E-state index contributed by atoms with van der Waals surface area (Å²) in [5.74, 6) is -0.113. The van der Waals surface area contributed by atoms with E-state index in [1.165, 1.54) is 31.4 Å². The molecule has 25 heavy (non-hydrogen) atoms. The second-order valence-electron chi connectivity index (χ2n) is 5.25. The highest BCUT2D eigenvalue weighted by molar-refractivity contribution is 6.11. The Bertz CT molecular complexity index is 796. The molecule has 0 fully saturated rings. The molecule has 0 amide bonds. The molecule has 0 unspecified atom stereocenters. The predicted molar refractivity (Wildman–Crippen MR) is 86.8 cm³/mol. The first-order valence-electron chi connectivity index (χ1n) is 7.53. The number of benzene rings is 2. The lowest BCUT2D eigenvalue weighted by atomic mass is 10.0. The molecule has 0 bridgehead atoms. The molecule has 0 atom stereocenters. The Hall–Kier alpha value is -3.06. The van der Waals surface area contributed by atoms with E-state index in [0.717, 1.165) is 0 Å². The fourth-order valence-corrected chi connectivity index (χ4v) is 2.41. The van der Waals surface area contributed by atoms with Crippen molar-refractivity contribution < 1.29 is 33.6 Å². The molecule has 7 nitrogen and oxygen atoms in total. The first kappa shape index (κ1) is 16.8. The second kappa shape index (κ2) is 7.23. The molecule has 7 heteroatoms. The van der Waals surface area contributed by atoms with Crippen LogP contribution in [0.4, 0.5) is 0 Å². The van der Waals surface area contributed by atoms with Gasteiger partial charge >= 0.3 is 5.97 Å². The highest BCUT2D eigenvalue weighted by Crippen LogP contribution is 2.37. The van der Waals surface area contributed by atoms with Gasteiger partial charge in [-0.3, -0.25) is 4.79 Å². The number of carbonyl (C=O) groups is 2. The Morgan fingerprint density at radius 2 is 1.64 bits per heavy atom. The lowest BCUT2D eigenvalue weighted by molar-refractivity contribution is 0.0498. The van der Waals surface area contributed by atoms with Crippen molar-refractivity contribution in [3.63, 3.8) is 0 Å². The van der Waals surface area contributed by atoms with Crippen LogP contribution in [0.5, 0.6) is 17.2 Å². The maximum absolute atomic E-state index is 12.8. The molecule has 0 spiro atoms. The molecule has 3 rings (SSSR count). The quantitative estimate of drug-likeness (QED) is 0.635. The van der Waals surface area contributed by atoms with Crippen LogP contribution < -0.4 is 14.2 Å². The number of ketones is 1. The Balaban J connectivity index is 1.98. The zero-order valence-electron chi connectivity index (χ0n) is 13.5. The third-order valence-electron chi connectivity index (χ3n) is 3.62. The van der Waals surface area contributed by atoms with Gasteiger partial charge in [0.15, 0.2) is 24.1 Å². The average molecular weight is 344 g/mol. The summed E-state index contributed by atoms with van der Waals surface area (Å²) in [7, 11) is 1.48. The number of carboxylic acid groups (broad SMARTS) is 1. The number of methoxy groups -OCH3 is 1. The highest BCUT2D eigenvalue weighted by Gasteiger charge is 2.22. The van der Waals surface area contributed by atoms with Crippen molar-refractivity contribution in [2.75, 3.05) is 27.1 Å². The van der Waals surface area contributed by atoms with E-state index < -0.39 is 5.97 Å². The number of carboxylic acids is 1. The van der Waals surface area contributed by atoms with Gasteiger partial charge in [0, 0.05) is 18.7 Å². The molecule has 0 radical (unpaired) electrons. The van der Waals surface area contributed by atoms with E-state index in [2.05, 4.69) is 0 Å². The van der Waals surface area contributed by atoms with Crippen molar-refractivity contribution in [2.24, 2.45) is 0 Å². The number of aromatic carboxylic acids is 1. The van der Waals surface area contributed by atoms with Gasteiger partial charge in [-0.15, -0.1) is 0 Å². The van der Waals surface area contributed by atoms with Gasteiger partial charge in [0.2, 0.25) is 0 Å². The van der Waals surface area contributed by atoms with Gasteiger partial charge in [0.1, 0.15) is 19.0 Å². The minimum atomic E-state index is -1.05. The molecular weight excluding hydrogens is 328 g/mol. The largest absolute Gasteiger partial charge is 0.486 e. The summed E-state index contributed by atoms with van der Waals surface area (Å²) in [6.07, 6.45) is 0. The van der Waals surface area contributed by atoms with Crippen LogP contribution in [0.3, 0.4) is 0 Å². The third-order valence-corrected chi connectivity index (χ3v) is 3.62. The topological polar surface area (TPSA) is 91.3 Å². The Kier molecular flexibility index (Phi) is 4.85. The monoisotopic (exact) mass is 344 g/mol. The van der Waals surface area contributed by atoms with E-state index in [1.54, 1.807) is 12.1 Å². The summed E-state index contributed by atoms with van der Waals surface area (Å²) < 4.78 is 21.4. The molecule has 0 aromatic heterocycles. The molecule has 1 N–H and O–H groups in total. The maximum Gasteiger partial charge on any atom is 0.335 e. The van der Waals surface area contributed by atoms with Crippen LogP contribution in [-0.2, 0) is 4.74 Å². The SMILES string of the molecule is COCOc1cc2c(cc1C(=O)c1ccc(C(=O)O)cc1)OCCO2. The van der Waals surface area contributed by atoms with Crippen LogP contribution in [0.1, 0.15) is 26.3 Å². The molecule has 1 aliphatic rings. The number of carbonyl (C=O) groups excluding carboxylic acids is 1. The van der Waals surface area contributed by atoms with Crippen LogP contribution in [0.15, 0.2) is 36.4 Å². The van der Waals surface area contributed by atoms with Crippen LogP contribution in [0.25, 0.3) is 0 Å². The maximum atomic E-state index is 12.8. The normalized spacial score (nSPS) is 12.5. The number of ether oxygens (including phenoxy) is 4. The molecular formula is C18H16O7. The van der Waals surface area contributed by atoms with E-state index in [1.807, 2.05) is 0 Å². The van der Waals surface area contributed by atoms with E-state index >= 15 is 0 Å². The van der Waals surface area contributed by atoms with Gasteiger partial charge in [-0.25, -0.2) is 4.79 Å². The lowest BCUT2D eigenvalue weighted by Gasteiger charge is -2.21. The number of hydrogen-bond donors (Lipinski definition) is 1. The molecule has 2 aromatic rings. The minimum absolute atomic E-state index is 0.0299. The fourth-order valence-electron chi connectivity index (χ4n) is 2.41. The van der Waals surface area contributed by atoms with Crippen molar-refractivity contribution in [1.29, 1.82) is 0 Å². The van der Waals surface area contributed by atoms with Crippen LogP contribution in [0, 0.1) is 0 Å². The van der Waals surface area contributed by atoms with E-state index in [4.69, 9.17) is 24.1 Å². The summed E-state index contributed by atoms with van der Waals surface area (Å²) in [4.78, 5) is 23.8. The zero-order chi connectivity index (χ0) is 17.8. The third kappa shape index (κ3) is 3.56. The summed E-state index contributed by atoms with van der Waals surface area (Å²) in [5.41, 5.74) is 0.725. The van der Waals surface area contributed by atoms with Gasteiger partial charge in [0.05, 0.1) is 11.1 Å². The van der Waals surface area contributed by atoms with Gasteiger partial charge < -0.3 is 24.1 Å². The van der Waals surface area contributed by atoms with Gasteiger partial charge in [-0.1, -0.05) is 12.1 Å². The van der Waals surface area contributed by atoms with E-state index in [-0.39, 0.29) is 23.7 Å². The van der Waals surface area contributed by atoms with Crippen molar-refractivity contribution >= 4 is 11.8 Å². The fraction of sp³-hybridized carbons (Fsp3) is 0.222. The first-order chi connectivity index (χ1) is 12.1. The molecule has 1 heterocycles.